The van der Waals surface area contributed by atoms with Crippen molar-refractivity contribution in [3.8, 4) is 0 Å². The molecule has 1 fully saturated rings. The standard InChI is InChI=1S/C17H28N2S/c1-18(2)17(10-7-11-17)14-19(3)12-16(13-20)15-8-5-4-6-9-15/h4-6,8-9,16,20H,7,10-14H2,1-3H3. The Labute approximate surface area is 129 Å². The van der Waals surface area contributed by atoms with Crippen molar-refractivity contribution in [2.45, 2.75) is 30.7 Å². The van der Waals surface area contributed by atoms with Gasteiger partial charge in [0.15, 0.2) is 0 Å². The van der Waals surface area contributed by atoms with Crippen LogP contribution in [0.1, 0.15) is 30.7 Å². The van der Waals surface area contributed by atoms with Gasteiger partial charge in [-0.1, -0.05) is 30.3 Å². The lowest BCUT2D eigenvalue weighted by molar-refractivity contribution is 0.0269. The van der Waals surface area contributed by atoms with E-state index in [2.05, 4.69) is 73.9 Å². The van der Waals surface area contributed by atoms with Gasteiger partial charge in [0, 0.05) is 24.5 Å². The SMILES string of the molecule is CN(CC(CS)c1ccccc1)CC1(N(C)C)CCC1. The molecule has 1 atom stereocenters. The van der Waals surface area contributed by atoms with Gasteiger partial charge in [0.25, 0.3) is 0 Å². The summed E-state index contributed by atoms with van der Waals surface area (Å²) in [5, 5.41) is 0. The summed E-state index contributed by atoms with van der Waals surface area (Å²) in [5.41, 5.74) is 1.81. The van der Waals surface area contributed by atoms with Crippen LogP contribution in [0.3, 0.4) is 0 Å². The summed E-state index contributed by atoms with van der Waals surface area (Å²) >= 11 is 4.55. The maximum absolute atomic E-state index is 4.55. The molecule has 0 amide bonds. The largest absolute Gasteiger partial charge is 0.304 e. The number of thiol groups is 1. The van der Waals surface area contributed by atoms with E-state index in [-0.39, 0.29) is 0 Å². The van der Waals surface area contributed by atoms with E-state index >= 15 is 0 Å². The van der Waals surface area contributed by atoms with Gasteiger partial charge in [-0.2, -0.15) is 12.6 Å². The molecule has 0 aromatic heterocycles. The molecule has 2 nitrogen and oxygen atoms in total. The molecule has 0 N–H and O–H groups in total. The van der Waals surface area contributed by atoms with Crippen LogP contribution in [0, 0.1) is 0 Å². The van der Waals surface area contributed by atoms with Gasteiger partial charge >= 0.3 is 0 Å². The highest BCUT2D eigenvalue weighted by molar-refractivity contribution is 7.80. The molecule has 112 valence electrons. The Morgan fingerprint density at radius 1 is 1.15 bits per heavy atom. The molecule has 1 aromatic carbocycles. The second-order valence-corrected chi connectivity index (χ2v) is 6.82. The average molecular weight is 292 g/mol. The Morgan fingerprint density at radius 2 is 1.80 bits per heavy atom. The molecule has 1 aromatic rings. The molecule has 0 bridgehead atoms. The van der Waals surface area contributed by atoms with Crippen LogP contribution in [0.2, 0.25) is 0 Å². The zero-order valence-corrected chi connectivity index (χ0v) is 13.9. The van der Waals surface area contributed by atoms with Crippen LogP contribution in [0.5, 0.6) is 0 Å². The van der Waals surface area contributed by atoms with Gasteiger partial charge in [-0.15, -0.1) is 0 Å². The second-order valence-electron chi connectivity index (χ2n) is 6.46. The molecule has 0 saturated heterocycles. The van der Waals surface area contributed by atoms with E-state index < -0.39 is 0 Å². The Bertz CT molecular complexity index is 401. The molecule has 2 rings (SSSR count). The zero-order chi connectivity index (χ0) is 14.6. The van der Waals surface area contributed by atoms with Gasteiger partial charge in [-0.3, -0.25) is 0 Å². The molecular formula is C17H28N2S. The summed E-state index contributed by atoms with van der Waals surface area (Å²) in [6.45, 7) is 2.25. The highest BCUT2D eigenvalue weighted by atomic mass is 32.1. The third kappa shape index (κ3) is 3.57. The van der Waals surface area contributed by atoms with Crippen LogP contribution in [0.4, 0.5) is 0 Å². The lowest BCUT2D eigenvalue weighted by Gasteiger charge is -2.49. The second kappa shape index (κ2) is 6.97. The Kier molecular flexibility index (Phi) is 5.53. The van der Waals surface area contributed by atoms with E-state index in [9.17, 15) is 0 Å². The summed E-state index contributed by atoms with van der Waals surface area (Å²) in [4.78, 5) is 4.91. The molecule has 20 heavy (non-hydrogen) atoms. The molecule has 0 radical (unpaired) electrons. The number of hydrogen-bond donors (Lipinski definition) is 1. The van der Waals surface area contributed by atoms with Crippen molar-refractivity contribution in [2.75, 3.05) is 40.0 Å². The first-order valence-electron chi connectivity index (χ1n) is 7.59. The lowest BCUT2D eigenvalue weighted by Crippen LogP contribution is -2.57. The number of likely N-dealkylation sites (N-methyl/N-ethyl adjacent to an activating group) is 2. The minimum absolute atomic E-state index is 0.409. The highest BCUT2D eigenvalue weighted by Crippen LogP contribution is 2.37. The fourth-order valence-electron chi connectivity index (χ4n) is 3.27. The fraction of sp³-hybridized carbons (Fsp3) is 0.647. The van der Waals surface area contributed by atoms with E-state index in [4.69, 9.17) is 0 Å². The number of nitrogens with zero attached hydrogens (tertiary/aromatic N) is 2. The van der Waals surface area contributed by atoms with Crippen LogP contribution >= 0.6 is 12.6 Å². The Hall–Kier alpha value is -0.510. The molecule has 1 saturated carbocycles. The van der Waals surface area contributed by atoms with Crippen LogP contribution < -0.4 is 0 Å². The maximum Gasteiger partial charge on any atom is 0.0330 e. The molecule has 1 unspecified atom stereocenters. The molecular weight excluding hydrogens is 264 g/mol. The van der Waals surface area contributed by atoms with Crippen molar-refractivity contribution in [1.29, 1.82) is 0 Å². The first-order chi connectivity index (χ1) is 9.57. The molecule has 3 heteroatoms. The normalized spacial score (nSPS) is 19.1. The van der Waals surface area contributed by atoms with Crippen molar-refractivity contribution in [1.82, 2.24) is 9.80 Å². The number of hydrogen-bond acceptors (Lipinski definition) is 3. The van der Waals surface area contributed by atoms with E-state index in [0.717, 1.165) is 18.8 Å². The fourth-order valence-corrected chi connectivity index (χ4v) is 3.59. The van der Waals surface area contributed by atoms with E-state index in [1.807, 2.05) is 0 Å². The highest BCUT2D eigenvalue weighted by Gasteiger charge is 2.39. The van der Waals surface area contributed by atoms with E-state index in [0.29, 0.717) is 11.5 Å². The number of rotatable bonds is 7. The molecule has 0 spiro atoms. The molecule has 0 heterocycles. The Morgan fingerprint density at radius 3 is 2.25 bits per heavy atom. The molecule has 1 aliphatic rings. The summed E-state index contributed by atoms with van der Waals surface area (Å²) in [7, 11) is 6.70. The van der Waals surface area contributed by atoms with Crippen molar-refractivity contribution < 1.29 is 0 Å². The monoisotopic (exact) mass is 292 g/mol. The quantitative estimate of drug-likeness (QED) is 0.772. The van der Waals surface area contributed by atoms with Gasteiger partial charge in [0.1, 0.15) is 0 Å². The molecule has 1 aliphatic carbocycles. The Balaban J connectivity index is 1.94. The lowest BCUT2D eigenvalue weighted by atomic mass is 9.75. The summed E-state index contributed by atoms with van der Waals surface area (Å²) in [6.07, 6.45) is 4.04. The van der Waals surface area contributed by atoms with Gasteiger partial charge in [-0.05, 0) is 51.7 Å². The van der Waals surface area contributed by atoms with Gasteiger partial charge in [0.2, 0.25) is 0 Å². The average Bonchev–Trinajstić information content (AvgIpc) is 2.40. The first kappa shape index (κ1) is 15.9. The van der Waals surface area contributed by atoms with Crippen molar-refractivity contribution in [3.63, 3.8) is 0 Å². The minimum atomic E-state index is 0.409. The van der Waals surface area contributed by atoms with E-state index in [1.54, 1.807) is 0 Å². The minimum Gasteiger partial charge on any atom is -0.304 e. The van der Waals surface area contributed by atoms with Gasteiger partial charge in [0.05, 0.1) is 0 Å². The smallest absolute Gasteiger partial charge is 0.0330 e. The zero-order valence-electron chi connectivity index (χ0n) is 13.0. The first-order valence-corrected chi connectivity index (χ1v) is 8.22. The number of benzene rings is 1. The van der Waals surface area contributed by atoms with E-state index in [1.165, 1.54) is 24.8 Å². The maximum atomic E-state index is 4.55. The van der Waals surface area contributed by atoms with Crippen LogP contribution in [-0.4, -0.2) is 55.3 Å². The van der Waals surface area contributed by atoms with Gasteiger partial charge < -0.3 is 9.80 Å². The van der Waals surface area contributed by atoms with Crippen LogP contribution in [-0.2, 0) is 0 Å². The van der Waals surface area contributed by atoms with Crippen LogP contribution in [0.15, 0.2) is 30.3 Å². The summed E-state index contributed by atoms with van der Waals surface area (Å²) in [5.74, 6) is 1.42. The predicted molar refractivity (Wildman–Crippen MR) is 90.8 cm³/mol. The van der Waals surface area contributed by atoms with Crippen LogP contribution in [0.25, 0.3) is 0 Å². The third-order valence-electron chi connectivity index (χ3n) is 4.82. The van der Waals surface area contributed by atoms with Crippen molar-refractivity contribution in [2.24, 2.45) is 0 Å². The summed E-state index contributed by atoms with van der Waals surface area (Å²) in [6, 6.07) is 10.8. The molecule has 0 aliphatic heterocycles. The summed E-state index contributed by atoms with van der Waals surface area (Å²) < 4.78 is 0. The topological polar surface area (TPSA) is 6.48 Å². The predicted octanol–water partition coefficient (Wildman–Crippen LogP) is 3.12. The van der Waals surface area contributed by atoms with Gasteiger partial charge in [-0.25, -0.2) is 0 Å². The van der Waals surface area contributed by atoms with Crippen molar-refractivity contribution >= 4 is 12.6 Å². The van der Waals surface area contributed by atoms with Crippen molar-refractivity contribution in [3.05, 3.63) is 35.9 Å². The third-order valence-corrected chi connectivity index (χ3v) is 5.26.